The van der Waals surface area contributed by atoms with Gasteiger partial charge in [0, 0.05) is 13.0 Å². The molecule has 9 nitrogen and oxygen atoms in total. The fourth-order valence-electron chi connectivity index (χ4n) is 4.33. The van der Waals surface area contributed by atoms with E-state index in [1.807, 2.05) is 62.4 Å². The van der Waals surface area contributed by atoms with Gasteiger partial charge in [-0.1, -0.05) is 68.3 Å². The number of unbranched alkanes of at least 4 members (excludes halogenated alkanes) is 2. The second-order valence-electron chi connectivity index (χ2n) is 11.2. The number of esters is 1. The van der Waals surface area contributed by atoms with E-state index >= 15 is 0 Å². The third-order valence-corrected chi connectivity index (χ3v) is 6.60. The van der Waals surface area contributed by atoms with Gasteiger partial charge in [0.05, 0.1) is 7.11 Å². The molecule has 224 valence electrons. The molecule has 9 heteroatoms. The zero-order valence-electron chi connectivity index (χ0n) is 25.4. The number of methoxy groups -OCH3 is 1. The van der Waals surface area contributed by atoms with Crippen molar-refractivity contribution in [1.29, 1.82) is 0 Å². The Balaban J connectivity index is 2.57. The molecule has 41 heavy (non-hydrogen) atoms. The average Bonchev–Trinajstić information content (AvgIpc) is 2.91. The molecule has 0 aliphatic rings. The highest BCUT2D eigenvalue weighted by molar-refractivity contribution is 5.93. The van der Waals surface area contributed by atoms with Gasteiger partial charge in [0.25, 0.3) is 0 Å². The van der Waals surface area contributed by atoms with Crippen LogP contribution in [0.4, 0.5) is 4.79 Å². The molecule has 2 N–H and O–H groups in total. The van der Waals surface area contributed by atoms with Gasteiger partial charge < -0.3 is 25.0 Å². The molecule has 0 fully saturated rings. The van der Waals surface area contributed by atoms with Crippen molar-refractivity contribution in [2.45, 2.75) is 84.9 Å². The molecule has 0 radical (unpaired) electrons. The van der Waals surface area contributed by atoms with Gasteiger partial charge in [0.2, 0.25) is 11.8 Å². The van der Waals surface area contributed by atoms with Crippen LogP contribution in [-0.4, -0.2) is 60.6 Å². The van der Waals surface area contributed by atoms with Gasteiger partial charge in [0.1, 0.15) is 24.2 Å². The van der Waals surface area contributed by atoms with Crippen LogP contribution < -0.4 is 10.6 Å². The van der Waals surface area contributed by atoms with Crippen molar-refractivity contribution in [1.82, 2.24) is 15.5 Å². The van der Waals surface area contributed by atoms with Crippen LogP contribution >= 0.6 is 0 Å². The van der Waals surface area contributed by atoms with Crippen LogP contribution in [0.25, 0.3) is 0 Å². The molecule has 2 atom stereocenters. The van der Waals surface area contributed by atoms with Gasteiger partial charge in [-0.05, 0) is 63.3 Å². The lowest BCUT2D eigenvalue weighted by Crippen LogP contribution is -2.54. The van der Waals surface area contributed by atoms with Gasteiger partial charge in [-0.15, -0.1) is 0 Å². The van der Waals surface area contributed by atoms with Crippen LogP contribution in [-0.2, 0) is 30.3 Å². The number of alkyl carbamates (subject to hydrolysis) is 1. The Morgan fingerprint density at radius 2 is 1.63 bits per heavy atom. The number of carbonyl (C=O) groups is 4. The van der Waals surface area contributed by atoms with Crippen molar-refractivity contribution in [3.05, 3.63) is 70.8 Å². The smallest absolute Gasteiger partial charge is 0.408 e. The molecule has 0 spiro atoms. The minimum absolute atomic E-state index is 0.201. The molecule has 2 aromatic rings. The Labute approximate surface area is 244 Å². The summed E-state index contributed by atoms with van der Waals surface area (Å²) in [6.45, 7) is 11.1. The fourth-order valence-corrected chi connectivity index (χ4v) is 4.33. The number of carbonyl (C=O) groups excluding carboxylic acids is 4. The molecule has 0 saturated heterocycles. The summed E-state index contributed by atoms with van der Waals surface area (Å²) in [6, 6.07) is 12.9. The molecule has 0 aliphatic carbocycles. The van der Waals surface area contributed by atoms with Gasteiger partial charge in [0.15, 0.2) is 0 Å². The Hall–Kier alpha value is -3.88. The van der Waals surface area contributed by atoms with Gasteiger partial charge in [-0.3, -0.25) is 14.4 Å². The molecule has 0 aromatic heterocycles. The van der Waals surface area contributed by atoms with E-state index in [4.69, 9.17) is 9.47 Å². The first-order valence-corrected chi connectivity index (χ1v) is 14.1. The highest BCUT2D eigenvalue weighted by Crippen LogP contribution is 2.26. The third kappa shape index (κ3) is 10.9. The maximum Gasteiger partial charge on any atom is 0.408 e. The topological polar surface area (TPSA) is 114 Å². The van der Waals surface area contributed by atoms with E-state index in [0.29, 0.717) is 12.0 Å². The predicted molar refractivity (Wildman–Crippen MR) is 158 cm³/mol. The molecular weight excluding hydrogens is 522 g/mol. The number of aryl methyl sites for hydroxylation is 2. The summed E-state index contributed by atoms with van der Waals surface area (Å²) in [5, 5.41) is 5.39. The minimum Gasteiger partial charge on any atom is -0.468 e. The Bertz CT molecular complexity index is 1180. The zero-order chi connectivity index (χ0) is 30.6. The highest BCUT2D eigenvalue weighted by Gasteiger charge is 2.36. The maximum absolute atomic E-state index is 14.4. The third-order valence-electron chi connectivity index (χ3n) is 6.60. The van der Waals surface area contributed by atoms with Crippen molar-refractivity contribution < 1.29 is 28.7 Å². The van der Waals surface area contributed by atoms with Crippen LogP contribution in [0.15, 0.2) is 48.5 Å². The number of rotatable bonds is 13. The minimum atomic E-state index is -1.04. The molecule has 2 aromatic carbocycles. The molecule has 3 amide bonds. The lowest BCUT2D eigenvalue weighted by atomic mass is 9.97. The Morgan fingerprint density at radius 1 is 0.951 bits per heavy atom. The van der Waals surface area contributed by atoms with Crippen LogP contribution in [0, 0.1) is 13.8 Å². The van der Waals surface area contributed by atoms with E-state index in [0.717, 1.165) is 29.5 Å². The van der Waals surface area contributed by atoms with Crippen molar-refractivity contribution >= 4 is 23.9 Å². The Kier molecular flexibility index (Phi) is 12.8. The fraction of sp³-hybridized carbons (Fsp3) is 0.500. The van der Waals surface area contributed by atoms with E-state index < -0.39 is 41.6 Å². The number of amides is 3. The summed E-state index contributed by atoms with van der Waals surface area (Å²) in [5.74, 6) is -1.54. The number of nitrogens with one attached hydrogen (secondary N) is 2. The second-order valence-corrected chi connectivity index (χ2v) is 11.2. The quantitative estimate of drug-likeness (QED) is 0.266. The van der Waals surface area contributed by atoms with Crippen LogP contribution in [0.1, 0.15) is 75.3 Å². The second kappa shape index (κ2) is 15.8. The molecule has 0 heterocycles. The molecule has 2 unspecified atom stereocenters. The first-order chi connectivity index (χ1) is 19.4. The van der Waals surface area contributed by atoms with Gasteiger partial charge >= 0.3 is 12.1 Å². The van der Waals surface area contributed by atoms with E-state index in [1.54, 1.807) is 20.8 Å². The average molecular weight is 568 g/mol. The van der Waals surface area contributed by atoms with Gasteiger partial charge in [-0.25, -0.2) is 4.79 Å². The molecule has 2 rings (SSSR count). The lowest BCUT2D eigenvalue weighted by molar-refractivity contribution is -0.144. The van der Waals surface area contributed by atoms with Crippen LogP contribution in [0.3, 0.4) is 0 Å². The number of benzene rings is 2. The normalized spacial score (nSPS) is 12.6. The maximum atomic E-state index is 14.4. The molecular formula is C32H45N3O6. The Morgan fingerprint density at radius 3 is 2.22 bits per heavy atom. The molecule has 0 aliphatic heterocycles. The van der Waals surface area contributed by atoms with Crippen molar-refractivity contribution in [2.24, 2.45) is 0 Å². The highest BCUT2D eigenvalue weighted by atomic mass is 16.6. The SMILES string of the molecule is CCCCCN(C(=O)C(Cc1ccccc1)NC(=O)OC(C)(C)C)C(C(=O)NCC(=O)OC)c1ccc(C)c(C)c1. The van der Waals surface area contributed by atoms with Crippen molar-refractivity contribution in [3.8, 4) is 0 Å². The first kappa shape index (κ1) is 33.3. The van der Waals surface area contributed by atoms with Gasteiger partial charge in [-0.2, -0.15) is 0 Å². The van der Waals surface area contributed by atoms with E-state index in [1.165, 1.54) is 12.0 Å². The zero-order valence-corrected chi connectivity index (χ0v) is 25.4. The number of hydrogen-bond acceptors (Lipinski definition) is 6. The number of ether oxygens (including phenoxy) is 2. The summed E-state index contributed by atoms with van der Waals surface area (Å²) < 4.78 is 10.2. The van der Waals surface area contributed by atoms with E-state index in [-0.39, 0.29) is 19.5 Å². The van der Waals surface area contributed by atoms with E-state index in [2.05, 4.69) is 17.6 Å². The molecule has 0 saturated carbocycles. The number of nitrogens with zero attached hydrogens (tertiary/aromatic N) is 1. The largest absolute Gasteiger partial charge is 0.468 e. The lowest BCUT2D eigenvalue weighted by Gasteiger charge is -2.35. The first-order valence-electron chi connectivity index (χ1n) is 14.1. The van der Waals surface area contributed by atoms with Crippen LogP contribution in [0.5, 0.6) is 0 Å². The van der Waals surface area contributed by atoms with Crippen molar-refractivity contribution in [2.75, 3.05) is 20.2 Å². The van der Waals surface area contributed by atoms with E-state index in [9.17, 15) is 19.2 Å². The van der Waals surface area contributed by atoms with Crippen LogP contribution in [0.2, 0.25) is 0 Å². The predicted octanol–water partition coefficient (Wildman–Crippen LogP) is 4.79. The summed E-state index contributed by atoms with van der Waals surface area (Å²) in [5.41, 5.74) is 2.69. The standard InChI is InChI=1S/C32H45N3O6/c1-8-9-13-18-35(28(29(37)33-21-27(36)40-7)25-17-16-22(2)23(3)19-25)30(38)26(20-24-14-11-10-12-15-24)34-31(39)41-32(4,5)6/h10-12,14-17,19,26,28H,8-9,13,18,20-21H2,1-7H3,(H,33,37)(H,34,39). The summed E-state index contributed by atoms with van der Waals surface area (Å²) in [6.07, 6.45) is 1.88. The van der Waals surface area contributed by atoms with Crippen molar-refractivity contribution in [3.63, 3.8) is 0 Å². The summed E-state index contributed by atoms with van der Waals surface area (Å²) >= 11 is 0. The summed E-state index contributed by atoms with van der Waals surface area (Å²) in [7, 11) is 1.24. The molecule has 0 bridgehead atoms. The summed E-state index contributed by atoms with van der Waals surface area (Å²) in [4.78, 5) is 54.3. The number of hydrogen-bond donors (Lipinski definition) is 2. The monoisotopic (exact) mass is 567 g/mol.